The summed E-state index contributed by atoms with van der Waals surface area (Å²) in [6, 6.07) is 14.6. The minimum absolute atomic E-state index is 0.0104. The Bertz CT molecular complexity index is 1060. The smallest absolute Gasteiger partial charge is 0.357 e. The molecule has 0 unspecified atom stereocenters. The lowest BCUT2D eigenvalue weighted by atomic mass is 10.0. The maximum absolute atomic E-state index is 12.7. The Balaban J connectivity index is 2.25. The average Bonchev–Trinajstić information content (AvgIpc) is 3.17. The van der Waals surface area contributed by atoms with Crippen LogP contribution in [0.3, 0.4) is 0 Å². The second kappa shape index (κ2) is 9.26. The first kappa shape index (κ1) is 21.1. The van der Waals surface area contributed by atoms with E-state index in [2.05, 4.69) is 5.10 Å². The summed E-state index contributed by atoms with van der Waals surface area (Å²) < 4.78 is 17.0. The number of hydrogen-bond donors (Lipinski definition) is 0. The van der Waals surface area contributed by atoms with Crippen molar-refractivity contribution in [2.24, 2.45) is 0 Å². The van der Waals surface area contributed by atoms with E-state index in [1.807, 2.05) is 50.2 Å². The normalized spacial score (nSPS) is 10.5. The van der Waals surface area contributed by atoms with Gasteiger partial charge in [0.25, 0.3) is 0 Å². The Hall–Kier alpha value is -3.61. The molecule has 0 aliphatic heterocycles. The Labute approximate surface area is 175 Å². The number of rotatable bonds is 7. The van der Waals surface area contributed by atoms with Crippen molar-refractivity contribution in [3.05, 3.63) is 65.4 Å². The molecule has 0 saturated carbocycles. The van der Waals surface area contributed by atoms with Crippen molar-refractivity contribution in [1.29, 1.82) is 0 Å². The first-order valence-corrected chi connectivity index (χ1v) is 9.60. The van der Waals surface area contributed by atoms with E-state index >= 15 is 0 Å². The van der Waals surface area contributed by atoms with E-state index in [1.54, 1.807) is 12.1 Å². The number of benzene rings is 2. The van der Waals surface area contributed by atoms with Crippen LogP contribution in [0.2, 0.25) is 0 Å². The first-order chi connectivity index (χ1) is 14.5. The van der Waals surface area contributed by atoms with E-state index in [0.717, 1.165) is 17.7 Å². The second-order valence-corrected chi connectivity index (χ2v) is 6.63. The van der Waals surface area contributed by atoms with Crippen LogP contribution in [-0.4, -0.2) is 42.5 Å². The lowest BCUT2D eigenvalue weighted by molar-refractivity contribution is 0.0549. The molecule has 0 saturated heterocycles. The summed E-state index contributed by atoms with van der Waals surface area (Å²) in [5, 5.41) is 4.62. The van der Waals surface area contributed by atoms with Crippen LogP contribution in [0.4, 0.5) is 0 Å². The number of carbonyl (C=O) groups is 2. The van der Waals surface area contributed by atoms with Gasteiger partial charge in [0, 0.05) is 5.56 Å². The van der Waals surface area contributed by atoms with Crippen LogP contribution in [0, 0.1) is 6.92 Å². The zero-order chi connectivity index (χ0) is 21.7. The maximum Gasteiger partial charge on any atom is 0.357 e. The van der Waals surface area contributed by atoms with Crippen LogP contribution in [-0.2, 0) is 9.47 Å². The molecule has 30 heavy (non-hydrogen) atoms. The fourth-order valence-corrected chi connectivity index (χ4v) is 3.15. The van der Waals surface area contributed by atoms with Crippen LogP contribution in [0.15, 0.2) is 48.5 Å². The molecular formula is C23H24N2O5. The number of methoxy groups -OCH3 is 2. The van der Waals surface area contributed by atoms with Crippen molar-refractivity contribution in [1.82, 2.24) is 9.78 Å². The third-order valence-electron chi connectivity index (χ3n) is 4.58. The van der Waals surface area contributed by atoms with Crippen molar-refractivity contribution in [3.8, 4) is 22.7 Å². The number of aryl methyl sites for hydroxylation is 1. The minimum atomic E-state index is -0.682. The van der Waals surface area contributed by atoms with Gasteiger partial charge in [-0.25, -0.2) is 14.3 Å². The quantitative estimate of drug-likeness (QED) is 0.545. The predicted molar refractivity (Wildman–Crippen MR) is 112 cm³/mol. The number of hydrogen-bond acceptors (Lipinski definition) is 6. The standard InChI is InChI=1S/C23H24N2O5/c1-5-13-30-17-11-12-18(15(2)14-17)20-19(22(26)28-3)21(23(27)29-4)25(24-20)16-9-7-6-8-10-16/h6-12,14H,5,13H2,1-4H3. The Morgan fingerprint density at radius 1 is 1.00 bits per heavy atom. The van der Waals surface area contributed by atoms with Gasteiger partial charge < -0.3 is 14.2 Å². The van der Waals surface area contributed by atoms with Gasteiger partial charge in [-0.15, -0.1) is 0 Å². The van der Waals surface area contributed by atoms with Gasteiger partial charge in [-0.05, 0) is 49.2 Å². The van der Waals surface area contributed by atoms with Gasteiger partial charge in [0.05, 0.1) is 26.5 Å². The van der Waals surface area contributed by atoms with Crippen LogP contribution in [0.25, 0.3) is 16.9 Å². The minimum Gasteiger partial charge on any atom is -0.494 e. The monoisotopic (exact) mass is 408 g/mol. The van der Waals surface area contributed by atoms with Gasteiger partial charge in [0.1, 0.15) is 17.0 Å². The summed E-state index contributed by atoms with van der Waals surface area (Å²) in [6.45, 7) is 4.55. The largest absolute Gasteiger partial charge is 0.494 e. The molecule has 0 aliphatic carbocycles. The van der Waals surface area contributed by atoms with Crippen molar-refractivity contribution in [3.63, 3.8) is 0 Å². The molecule has 1 aromatic heterocycles. The first-order valence-electron chi connectivity index (χ1n) is 9.60. The summed E-state index contributed by atoms with van der Waals surface area (Å²) in [4.78, 5) is 25.3. The lowest BCUT2D eigenvalue weighted by Crippen LogP contribution is -2.15. The Morgan fingerprint density at radius 2 is 1.70 bits per heavy atom. The maximum atomic E-state index is 12.7. The van der Waals surface area contributed by atoms with E-state index in [4.69, 9.17) is 14.2 Å². The molecule has 0 spiro atoms. The topological polar surface area (TPSA) is 79.7 Å². The molecule has 0 atom stereocenters. The molecule has 1 heterocycles. The molecule has 0 amide bonds. The van der Waals surface area contributed by atoms with Crippen LogP contribution >= 0.6 is 0 Å². The third kappa shape index (κ3) is 4.05. The molecule has 3 aromatic rings. The summed E-state index contributed by atoms with van der Waals surface area (Å²) in [5.74, 6) is -0.620. The Morgan fingerprint density at radius 3 is 2.30 bits per heavy atom. The van der Waals surface area contributed by atoms with Crippen molar-refractivity contribution >= 4 is 11.9 Å². The summed E-state index contributed by atoms with van der Waals surface area (Å²) >= 11 is 0. The fraction of sp³-hybridized carbons (Fsp3) is 0.261. The molecule has 0 N–H and O–H groups in total. The molecule has 0 radical (unpaired) electrons. The van der Waals surface area contributed by atoms with E-state index in [-0.39, 0.29) is 11.3 Å². The van der Waals surface area contributed by atoms with Gasteiger partial charge in [-0.1, -0.05) is 25.1 Å². The SMILES string of the molecule is CCCOc1ccc(-c2nn(-c3ccccc3)c(C(=O)OC)c2C(=O)OC)c(C)c1. The van der Waals surface area contributed by atoms with Gasteiger partial charge in [-0.3, -0.25) is 0 Å². The molecular weight excluding hydrogens is 384 g/mol. The highest BCUT2D eigenvalue weighted by Crippen LogP contribution is 2.32. The van der Waals surface area contributed by atoms with Crippen LogP contribution < -0.4 is 4.74 Å². The second-order valence-electron chi connectivity index (χ2n) is 6.63. The molecule has 2 aromatic carbocycles. The molecule has 3 rings (SSSR count). The average molecular weight is 408 g/mol. The van der Waals surface area contributed by atoms with E-state index in [9.17, 15) is 9.59 Å². The van der Waals surface area contributed by atoms with Gasteiger partial charge >= 0.3 is 11.9 Å². The third-order valence-corrected chi connectivity index (χ3v) is 4.58. The van der Waals surface area contributed by atoms with Crippen molar-refractivity contribution in [2.45, 2.75) is 20.3 Å². The summed E-state index contributed by atoms with van der Waals surface area (Å²) in [5.41, 5.74) is 2.57. The van der Waals surface area contributed by atoms with E-state index in [0.29, 0.717) is 23.6 Å². The predicted octanol–water partition coefficient (Wildman–Crippen LogP) is 4.21. The Kier molecular flexibility index (Phi) is 6.51. The van der Waals surface area contributed by atoms with E-state index < -0.39 is 11.9 Å². The number of carbonyl (C=O) groups excluding carboxylic acids is 2. The summed E-state index contributed by atoms with van der Waals surface area (Å²) in [7, 11) is 2.53. The van der Waals surface area contributed by atoms with Crippen molar-refractivity contribution in [2.75, 3.05) is 20.8 Å². The lowest BCUT2D eigenvalue weighted by Gasteiger charge is -2.09. The molecule has 0 bridgehead atoms. The molecule has 7 heteroatoms. The van der Waals surface area contributed by atoms with E-state index in [1.165, 1.54) is 18.9 Å². The fourth-order valence-electron chi connectivity index (χ4n) is 3.15. The highest BCUT2D eigenvalue weighted by molar-refractivity contribution is 6.07. The zero-order valence-corrected chi connectivity index (χ0v) is 17.5. The number of aromatic nitrogens is 2. The van der Waals surface area contributed by atoms with Gasteiger partial charge in [0.15, 0.2) is 5.69 Å². The molecule has 156 valence electrons. The highest BCUT2D eigenvalue weighted by Gasteiger charge is 2.31. The van der Waals surface area contributed by atoms with Crippen LogP contribution in [0.1, 0.15) is 39.8 Å². The highest BCUT2D eigenvalue weighted by atomic mass is 16.5. The number of ether oxygens (including phenoxy) is 3. The van der Waals surface area contributed by atoms with Gasteiger partial charge in [0.2, 0.25) is 0 Å². The molecule has 0 fully saturated rings. The molecule has 7 nitrogen and oxygen atoms in total. The van der Waals surface area contributed by atoms with Gasteiger partial charge in [-0.2, -0.15) is 5.10 Å². The summed E-state index contributed by atoms with van der Waals surface area (Å²) in [6.07, 6.45) is 0.900. The number of esters is 2. The molecule has 0 aliphatic rings. The van der Waals surface area contributed by atoms with Crippen molar-refractivity contribution < 1.29 is 23.8 Å². The number of para-hydroxylation sites is 1. The number of nitrogens with zero attached hydrogens (tertiary/aromatic N) is 2. The van der Waals surface area contributed by atoms with Crippen LogP contribution in [0.5, 0.6) is 5.75 Å². The zero-order valence-electron chi connectivity index (χ0n) is 17.5.